The molecule has 0 saturated heterocycles. The van der Waals surface area contributed by atoms with Crippen molar-refractivity contribution in [3.63, 3.8) is 0 Å². The zero-order valence-electron chi connectivity index (χ0n) is 19.9. The standard InChI is InChI=1S/C28H21F3N2O4S/c1-16(25(34)32-19-9-4-8-18(14-19)28(29,30)31)38-21-11-5-10-20(15-21)33-26(35)22-12-2-6-17-7-3-13-23(24(17)22)27(36)37/h2-16H,1H3,(H,32,34)(H,33,35)(H,36,37). The monoisotopic (exact) mass is 538 g/mol. The molecule has 4 aromatic rings. The van der Waals surface area contributed by atoms with Crippen molar-refractivity contribution in [1.29, 1.82) is 0 Å². The van der Waals surface area contributed by atoms with Crippen LogP contribution in [0.5, 0.6) is 0 Å². The second-order valence-corrected chi connectivity index (χ2v) is 9.74. The molecule has 0 spiro atoms. The van der Waals surface area contributed by atoms with E-state index in [9.17, 15) is 32.7 Å². The summed E-state index contributed by atoms with van der Waals surface area (Å²) in [5, 5.41) is 15.1. The summed E-state index contributed by atoms with van der Waals surface area (Å²) in [6.07, 6.45) is -4.52. The van der Waals surface area contributed by atoms with E-state index in [0.717, 1.165) is 23.9 Å². The van der Waals surface area contributed by atoms with Gasteiger partial charge in [-0.25, -0.2) is 4.79 Å². The van der Waals surface area contributed by atoms with Crippen LogP contribution < -0.4 is 10.6 Å². The normalized spacial score (nSPS) is 12.1. The number of benzene rings is 4. The van der Waals surface area contributed by atoms with Crippen molar-refractivity contribution < 1.29 is 32.7 Å². The van der Waals surface area contributed by atoms with Crippen LogP contribution in [0.2, 0.25) is 0 Å². The molecule has 1 unspecified atom stereocenters. The number of rotatable bonds is 7. The molecule has 0 heterocycles. The van der Waals surface area contributed by atoms with Gasteiger partial charge in [0.05, 0.1) is 16.4 Å². The van der Waals surface area contributed by atoms with E-state index in [4.69, 9.17) is 0 Å². The van der Waals surface area contributed by atoms with Gasteiger partial charge in [0.1, 0.15) is 0 Å². The SMILES string of the molecule is CC(Sc1cccc(NC(=O)c2cccc3cccc(C(=O)O)c23)c1)C(=O)Nc1cccc(C(F)(F)F)c1. The Morgan fingerprint density at radius 3 is 2.08 bits per heavy atom. The molecule has 38 heavy (non-hydrogen) atoms. The molecule has 0 saturated carbocycles. The third-order valence-corrected chi connectivity index (χ3v) is 6.70. The van der Waals surface area contributed by atoms with Crippen molar-refractivity contribution in [1.82, 2.24) is 0 Å². The average molecular weight is 539 g/mol. The van der Waals surface area contributed by atoms with Gasteiger partial charge in [0, 0.05) is 27.2 Å². The number of carbonyl (C=O) groups is 3. The summed E-state index contributed by atoms with van der Waals surface area (Å²) in [5.41, 5.74) is -0.185. The first-order chi connectivity index (χ1) is 18.0. The van der Waals surface area contributed by atoms with Crippen LogP contribution in [-0.4, -0.2) is 28.1 Å². The molecule has 1 atom stereocenters. The third-order valence-electron chi connectivity index (χ3n) is 5.61. The Kier molecular flexibility index (Phi) is 7.72. The van der Waals surface area contributed by atoms with Gasteiger partial charge < -0.3 is 15.7 Å². The lowest BCUT2D eigenvalue weighted by Crippen LogP contribution is -2.22. The minimum absolute atomic E-state index is 0.0122. The molecule has 0 aliphatic rings. The molecule has 0 bridgehead atoms. The van der Waals surface area contributed by atoms with Gasteiger partial charge in [-0.05, 0) is 60.8 Å². The third kappa shape index (κ3) is 6.15. The van der Waals surface area contributed by atoms with Gasteiger partial charge in [-0.1, -0.05) is 36.4 Å². The molecule has 10 heteroatoms. The number of carbonyl (C=O) groups excluding carboxylic acids is 2. The zero-order valence-corrected chi connectivity index (χ0v) is 20.7. The number of fused-ring (bicyclic) bond motifs is 1. The van der Waals surface area contributed by atoms with Crippen LogP contribution in [0.4, 0.5) is 24.5 Å². The van der Waals surface area contributed by atoms with Crippen molar-refractivity contribution in [3.8, 4) is 0 Å². The highest BCUT2D eigenvalue weighted by Gasteiger charge is 2.30. The first-order valence-electron chi connectivity index (χ1n) is 11.3. The van der Waals surface area contributed by atoms with Gasteiger partial charge in [0.25, 0.3) is 5.91 Å². The molecule has 3 N–H and O–H groups in total. The maximum atomic E-state index is 13.1. The molecule has 0 radical (unpaired) electrons. The van der Waals surface area contributed by atoms with Crippen molar-refractivity contribution in [2.45, 2.75) is 23.2 Å². The minimum atomic E-state index is -4.52. The summed E-state index contributed by atoms with van der Waals surface area (Å²) in [4.78, 5) is 38.0. The van der Waals surface area contributed by atoms with E-state index in [0.29, 0.717) is 21.4 Å². The van der Waals surface area contributed by atoms with Crippen molar-refractivity contribution >= 4 is 51.7 Å². The van der Waals surface area contributed by atoms with Gasteiger partial charge in [0.15, 0.2) is 0 Å². The van der Waals surface area contributed by atoms with E-state index in [-0.39, 0.29) is 16.8 Å². The molecule has 2 amide bonds. The van der Waals surface area contributed by atoms with E-state index in [1.165, 1.54) is 18.2 Å². The fraction of sp³-hybridized carbons (Fsp3) is 0.107. The Morgan fingerprint density at radius 2 is 1.42 bits per heavy atom. The molecular weight excluding hydrogens is 517 g/mol. The van der Waals surface area contributed by atoms with Gasteiger partial charge in [-0.3, -0.25) is 9.59 Å². The second kappa shape index (κ2) is 11.0. The number of alkyl halides is 3. The fourth-order valence-corrected chi connectivity index (χ4v) is 4.76. The first-order valence-corrected chi connectivity index (χ1v) is 12.2. The smallest absolute Gasteiger partial charge is 0.416 e. The van der Waals surface area contributed by atoms with Crippen molar-refractivity contribution in [3.05, 3.63) is 102 Å². The lowest BCUT2D eigenvalue weighted by atomic mass is 9.98. The molecule has 0 aliphatic heterocycles. The topological polar surface area (TPSA) is 95.5 Å². The number of aromatic carboxylic acids is 1. The number of amides is 2. The summed E-state index contributed by atoms with van der Waals surface area (Å²) in [6.45, 7) is 1.61. The number of thioether (sulfide) groups is 1. The average Bonchev–Trinajstić information content (AvgIpc) is 2.87. The van der Waals surface area contributed by atoms with Crippen LogP contribution in [0.15, 0.2) is 89.8 Å². The predicted molar refractivity (Wildman–Crippen MR) is 141 cm³/mol. The van der Waals surface area contributed by atoms with E-state index < -0.39 is 34.8 Å². The van der Waals surface area contributed by atoms with Crippen LogP contribution in [-0.2, 0) is 11.0 Å². The molecule has 194 valence electrons. The Morgan fingerprint density at radius 1 is 0.816 bits per heavy atom. The van der Waals surface area contributed by atoms with Crippen LogP contribution in [0.1, 0.15) is 33.2 Å². The Balaban J connectivity index is 1.47. The van der Waals surface area contributed by atoms with E-state index in [1.54, 1.807) is 61.5 Å². The lowest BCUT2D eigenvalue weighted by molar-refractivity contribution is -0.137. The van der Waals surface area contributed by atoms with Crippen molar-refractivity contribution in [2.24, 2.45) is 0 Å². The van der Waals surface area contributed by atoms with Gasteiger partial charge in [-0.15, -0.1) is 11.8 Å². The number of halogens is 3. The highest BCUT2D eigenvalue weighted by atomic mass is 32.2. The molecule has 0 fully saturated rings. The van der Waals surface area contributed by atoms with Gasteiger partial charge in [-0.2, -0.15) is 13.2 Å². The summed E-state index contributed by atoms with van der Waals surface area (Å²) in [5.74, 6) is -2.13. The fourth-order valence-electron chi connectivity index (χ4n) is 3.83. The summed E-state index contributed by atoms with van der Waals surface area (Å²) in [6, 6.07) is 20.8. The predicted octanol–water partition coefficient (Wildman–Crippen LogP) is 6.93. The molecular formula is C28H21F3N2O4S. The Hall–Kier alpha value is -4.31. The maximum Gasteiger partial charge on any atom is 0.416 e. The summed E-state index contributed by atoms with van der Waals surface area (Å²) >= 11 is 1.16. The molecule has 0 aromatic heterocycles. The Bertz CT molecular complexity index is 1530. The van der Waals surface area contributed by atoms with Crippen LogP contribution in [0.25, 0.3) is 10.8 Å². The number of carboxylic acid groups (broad SMARTS) is 1. The van der Waals surface area contributed by atoms with Crippen molar-refractivity contribution in [2.75, 3.05) is 10.6 Å². The van der Waals surface area contributed by atoms with Crippen LogP contribution >= 0.6 is 11.8 Å². The minimum Gasteiger partial charge on any atom is -0.478 e. The first kappa shape index (κ1) is 26.7. The van der Waals surface area contributed by atoms with Gasteiger partial charge >= 0.3 is 12.1 Å². The maximum absolute atomic E-state index is 13.1. The number of hydrogen-bond acceptors (Lipinski definition) is 4. The quantitative estimate of drug-likeness (QED) is 0.222. The molecule has 4 aromatic carbocycles. The highest BCUT2D eigenvalue weighted by Crippen LogP contribution is 2.32. The summed E-state index contributed by atoms with van der Waals surface area (Å²) in [7, 11) is 0. The van der Waals surface area contributed by atoms with E-state index in [1.807, 2.05) is 0 Å². The number of carboxylic acids is 1. The second-order valence-electron chi connectivity index (χ2n) is 8.32. The zero-order chi connectivity index (χ0) is 27.4. The molecule has 0 aliphatic carbocycles. The number of anilines is 2. The largest absolute Gasteiger partial charge is 0.478 e. The number of nitrogens with one attached hydrogen (secondary N) is 2. The summed E-state index contributed by atoms with van der Waals surface area (Å²) < 4.78 is 38.8. The Labute approximate surface area is 219 Å². The van der Waals surface area contributed by atoms with Gasteiger partial charge in [0.2, 0.25) is 5.91 Å². The highest BCUT2D eigenvalue weighted by molar-refractivity contribution is 8.00. The number of hydrogen-bond donors (Lipinski definition) is 3. The lowest BCUT2D eigenvalue weighted by Gasteiger charge is -2.14. The van der Waals surface area contributed by atoms with E-state index >= 15 is 0 Å². The van der Waals surface area contributed by atoms with Crippen LogP contribution in [0, 0.1) is 0 Å². The van der Waals surface area contributed by atoms with Crippen LogP contribution in [0.3, 0.4) is 0 Å². The molecule has 6 nitrogen and oxygen atoms in total. The van der Waals surface area contributed by atoms with E-state index in [2.05, 4.69) is 10.6 Å². The molecule has 4 rings (SSSR count).